The lowest BCUT2D eigenvalue weighted by molar-refractivity contribution is -0.141. The Bertz CT molecular complexity index is 230. The van der Waals surface area contributed by atoms with Gasteiger partial charge in [-0.2, -0.15) is 0 Å². The van der Waals surface area contributed by atoms with Crippen LogP contribution < -0.4 is 0 Å². The van der Waals surface area contributed by atoms with Gasteiger partial charge in [0.15, 0.2) is 0 Å². The first-order valence-corrected chi connectivity index (χ1v) is 3.78. The zero-order valence-electron chi connectivity index (χ0n) is 7.40. The van der Waals surface area contributed by atoms with E-state index >= 15 is 0 Å². The molecule has 0 saturated heterocycles. The van der Waals surface area contributed by atoms with Crippen LogP contribution in [0.1, 0.15) is 13.3 Å². The third-order valence-corrected chi connectivity index (χ3v) is 1.21. The van der Waals surface area contributed by atoms with E-state index in [1.54, 1.807) is 6.92 Å². The lowest BCUT2D eigenvalue weighted by Gasteiger charge is -2.07. The maximum atomic E-state index is 10.6. The van der Waals surface area contributed by atoms with Crippen molar-refractivity contribution in [2.24, 2.45) is 0 Å². The smallest absolute Gasteiger partial charge is 0.330 e. The highest BCUT2D eigenvalue weighted by Crippen LogP contribution is 1.99. The van der Waals surface area contributed by atoms with Gasteiger partial charge in [0.25, 0.3) is 0 Å². The molecular weight excluding hydrogens is 172 g/mol. The highest BCUT2D eigenvalue weighted by Gasteiger charge is 2.03. The van der Waals surface area contributed by atoms with Gasteiger partial charge in [0.1, 0.15) is 6.10 Å². The van der Waals surface area contributed by atoms with Crippen LogP contribution in [0.4, 0.5) is 0 Å². The Hall–Kier alpha value is -1.58. The van der Waals surface area contributed by atoms with Crippen LogP contribution in [0.25, 0.3) is 0 Å². The van der Waals surface area contributed by atoms with Crippen molar-refractivity contribution in [3.8, 4) is 0 Å². The number of carboxylic acid groups (broad SMARTS) is 1. The van der Waals surface area contributed by atoms with E-state index in [9.17, 15) is 9.59 Å². The fourth-order valence-corrected chi connectivity index (χ4v) is 0.655. The summed E-state index contributed by atoms with van der Waals surface area (Å²) in [6, 6.07) is 0. The molecule has 0 rings (SSSR count). The Morgan fingerprint density at radius 3 is 2.69 bits per heavy atom. The average molecular weight is 184 g/mol. The van der Waals surface area contributed by atoms with E-state index in [0.717, 1.165) is 12.2 Å². The molecule has 72 valence electrons. The summed E-state index contributed by atoms with van der Waals surface area (Å²) in [6.07, 6.45) is 3.56. The van der Waals surface area contributed by atoms with Crippen molar-refractivity contribution < 1.29 is 19.4 Å². The van der Waals surface area contributed by atoms with E-state index in [-0.39, 0.29) is 6.10 Å². The molecule has 1 atom stereocenters. The quantitative estimate of drug-likeness (QED) is 0.514. The number of esters is 1. The summed E-state index contributed by atoms with van der Waals surface area (Å²) in [5.74, 6) is -1.52. The van der Waals surface area contributed by atoms with Gasteiger partial charge < -0.3 is 9.84 Å². The van der Waals surface area contributed by atoms with Crippen LogP contribution in [0, 0.1) is 0 Å². The highest BCUT2D eigenvalue weighted by molar-refractivity contribution is 5.81. The van der Waals surface area contributed by atoms with Gasteiger partial charge in [0, 0.05) is 18.6 Å². The van der Waals surface area contributed by atoms with Crippen LogP contribution in [0.5, 0.6) is 0 Å². The number of hydrogen-bond donors (Lipinski definition) is 1. The molecule has 0 aliphatic carbocycles. The van der Waals surface area contributed by atoms with Gasteiger partial charge in [-0.05, 0) is 6.92 Å². The molecule has 0 aliphatic heterocycles. The largest absolute Gasteiger partial charge is 0.478 e. The van der Waals surface area contributed by atoms with Crippen LogP contribution in [0.15, 0.2) is 24.8 Å². The molecule has 0 saturated carbocycles. The Morgan fingerprint density at radius 1 is 1.62 bits per heavy atom. The molecule has 0 heterocycles. The van der Waals surface area contributed by atoms with Crippen LogP contribution in [0.3, 0.4) is 0 Å². The van der Waals surface area contributed by atoms with Crippen LogP contribution in [-0.2, 0) is 14.3 Å². The second-order valence-corrected chi connectivity index (χ2v) is 2.43. The molecule has 0 fully saturated rings. The Balaban J connectivity index is 3.74. The normalized spacial score (nSPS) is 12.4. The Labute approximate surface area is 76.5 Å². The molecule has 4 nitrogen and oxygen atoms in total. The van der Waals surface area contributed by atoms with Crippen LogP contribution >= 0.6 is 0 Å². The number of carbonyl (C=O) groups excluding carboxylic acids is 1. The van der Waals surface area contributed by atoms with E-state index in [1.165, 1.54) is 6.08 Å². The van der Waals surface area contributed by atoms with Gasteiger partial charge in [-0.1, -0.05) is 12.7 Å². The Morgan fingerprint density at radius 2 is 2.23 bits per heavy atom. The second kappa shape index (κ2) is 5.99. The first-order valence-electron chi connectivity index (χ1n) is 3.78. The number of rotatable bonds is 5. The van der Waals surface area contributed by atoms with Crippen molar-refractivity contribution in [3.05, 3.63) is 24.8 Å². The predicted molar refractivity (Wildman–Crippen MR) is 47.1 cm³/mol. The first-order chi connectivity index (χ1) is 6.06. The fourth-order valence-electron chi connectivity index (χ4n) is 0.655. The molecule has 0 bridgehead atoms. The summed E-state index contributed by atoms with van der Waals surface area (Å²) in [5, 5.41) is 8.24. The van der Waals surface area contributed by atoms with Crippen LogP contribution in [-0.4, -0.2) is 23.1 Å². The molecule has 0 aromatic carbocycles. The second-order valence-electron chi connectivity index (χ2n) is 2.43. The van der Waals surface area contributed by atoms with Crippen molar-refractivity contribution in [3.63, 3.8) is 0 Å². The maximum absolute atomic E-state index is 10.6. The number of carboxylic acids is 1. The highest BCUT2D eigenvalue weighted by atomic mass is 16.5. The number of aliphatic carboxylic acids is 1. The minimum Gasteiger partial charge on any atom is -0.478 e. The molecule has 0 amide bonds. The third-order valence-electron chi connectivity index (χ3n) is 1.21. The van der Waals surface area contributed by atoms with Gasteiger partial charge in [-0.25, -0.2) is 9.59 Å². The summed E-state index contributed by atoms with van der Waals surface area (Å²) in [5.41, 5.74) is 0. The SMILES string of the molecule is C=CC(=O)OC(C)CC=CC(=O)O. The van der Waals surface area contributed by atoms with Crippen molar-refractivity contribution in [2.75, 3.05) is 0 Å². The topological polar surface area (TPSA) is 63.6 Å². The van der Waals surface area contributed by atoms with Crippen molar-refractivity contribution in [1.82, 2.24) is 0 Å². The lowest BCUT2D eigenvalue weighted by atomic mass is 10.2. The Kier molecular flexibility index (Phi) is 5.27. The van der Waals surface area contributed by atoms with E-state index in [2.05, 4.69) is 6.58 Å². The number of hydrogen-bond acceptors (Lipinski definition) is 3. The molecular formula is C9H12O4. The summed E-state index contributed by atoms with van der Waals surface area (Å²) in [7, 11) is 0. The van der Waals surface area contributed by atoms with Gasteiger partial charge in [0.05, 0.1) is 0 Å². The standard InChI is InChI=1S/C9H12O4/c1-3-9(12)13-7(2)5-4-6-8(10)11/h3-4,6-7H,1,5H2,2H3,(H,10,11). The molecule has 0 aromatic rings. The van der Waals surface area contributed by atoms with Gasteiger partial charge >= 0.3 is 11.9 Å². The first kappa shape index (κ1) is 11.4. The fraction of sp³-hybridized carbons (Fsp3) is 0.333. The van der Waals surface area contributed by atoms with Crippen molar-refractivity contribution in [1.29, 1.82) is 0 Å². The molecule has 0 aromatic heterocycles. The summed E-state index contributed by atoms with van der Waals surface area (Å²) in [6.45, 7) is 4.91. The van der Waals surface area contributed by atoms with E-state index < -0.39 is 11.9 Å². The molecule has 1 N–H and O–H groups in total. The summed E-state index contributed by atoms with van der Waals surface area (Å²) >= 11 is 0. The monoisotopic (exact) mass is 184 g/mol. The van der Waals surface area contributed by atoms with Gasteiger partial charge in [-0.15, -0.1) is 0 Å². The van der Waals surface area contributed by atoms with E-state index in [4.69, 9.17) is 9.84 Å². The van der Waals surface area contributed by atoms with E-state index in [1.807, 2.05) is 0 Å². The van der Waals surface area contributed by atoms with Crippen molar-refractivity contribution >= 4 is 11.9 Å². The average Bonchev–Trinajstić information content (AvgIpc) is 2.03. The molecule has 0 aliphatic rings. The third kappa shape index (κ3) is 6.80. The minimum atomic E-state index is -1.01. The lowest BCUT2D eigenvalue weighted by Crippen LogP contribution is -2.11. The zero-order chi connectivity index (χ0) is 10.3. The molecule has 0 radical (unpaired) electrons. The summed E-state index contributed by atoms with van der Waals surface area (Å²) in [4.78, 5) is 20.7. The molecule has 1 unspecified atom stereocenters. The molecule has 4 heteroatoms. The molecule has 13 heavy (non-hydrogen) atoms. The maximum Gasteiger partial charge on any atom is 0.330 e. The van der Waals surface area contributed by atoms with E-state index in [0.29, 0.717) is 6.42 Å². The predicted octanol–water partition coefficient (Wildman–Crippen LogP) is 1.14. The summed E-state index contributed by atoms with van der Waals surface area (Å²) < 4.78 is 4.78. The van der Waals surface area contributed by atoms with Gasteiger partial charge in [0.2, 0.25) is 0 Å². The van der Waals surface area contributed by atoms with Gasteiger partial charge in [-0.3, -0.25) is 0 Å². The zero-order valence-corrected chi connectivity index (χ0v) is 7.40. The van der Waals surface area contributed by atoms with Crippen LogP contribution in [0.2, 0.25) is 0 Å². The minimum absolute atomic E-state index is 0.332. The molecule has 0 spiro atoms. The number of carbonyl (C=O) groups is 2. The van der Waals surface area contributed by atoms with Crippen molar-refractivity contribution in [2.45, 2.75) is 19.4 Å². The number of ether oxygens (including phenoxy) is 1.